The van der Waals surface area contributed by atoms with Gasteiger partial charge in [0, 0.05) is 0 Å². The Morgan fingerprint density at radius 3 is 2.29 bits per heavy atom. The fraction of sp³-hybridized carbons (Fsp3) is 0.222. The lowest BCUT2D eigenvalue weighted by Gasteiger charge is -2.15. The maximum absolute atomic E-state index is 11.8. The van der Waals surface area contributed by atoms with Crippen molar-refractivity contribution in [3.05, 3.63) is 60.2 Å². The van der Waals surface area contributed by atoms with E-state index in [1.54, 1.807) is 0 Å². The second kappa shape index (κ2) is 8.98. The van der Waals surface area contributed by atoms with E-state index in [4.69, 9.17) is 10.5 Å². The van der Waals surface area contributed by atoms with Gasteiger partial charge in [-0.2, -0.15) is 0 Å². The quantitative estimate of drug-likeness (QED) is 0.771. The lowest BCUT2D eigenvalue weighted by molar-refractivity contribution is -0.119. The standard InChI is InChI=1S/C18H20N2O3S/c1-13(20-18(22)12-24-11-17(19)21)14-7-9-16(10-8-14)23-15-5-3-2-4-6-15/h2-10,13H,11-12H2,1H3,(H2,19,21)(H,20,22)/t13-/m0/s1. The molecule has 2 rings (SSSR count). The largest absolute Gasteiger partial charge is 0.457 e. The number of hydrogen-bond acceptors (Lipinski definition) is 4. The summed E-state index contributed by atoms with van der Waals surface area (Å²) in [6, 6.07) is 17.0. The number of nitrogens with one attached hydrogen (secondary N) is 1. The second-order valence-corrected chi connectivity index (χ2v) is 6.22. The van der Waals surface area contributed by atoms with Gasteiger partial charge in [0.2, 0.25) is 11.8 Å². The summed E-state index contributed by atoms with van der Waals surface area (Å²) in [5.74, 6) is 1.32. The molecular formula is C18H20N2O3S. The van der Waals surface area contributed by atoms with Crippen LogP contribution in [0.25, 0.3) is 0 Å². The summed E-state index contributed by atoms with van der Waals surface area (Å²) in [6.45, 7) is 1.91. The number of carbonyl (C=O) groups excluding carboxylic acids is 2. The molecule has 0 spiro atoms. The minimum atomic E-state index is -0.421. The molecule has 126 valence electrons. The number of para-hydroxylation sites is 1. The van der Waals surface area contributed by atoms with Crippen LogP contribution >= 0.6 is 11.8 Å². The molecule has 0 saturated heterocycles. The molecule has 0 bridgehead atoms. The van der Waals surface area contributed by atoms with Crippen LogP contribution in [0.15, 0.2) is 54.6 Å². The molecule has 2 aromatic carbocycles. The maximum Gasteiger partial charge on any atom is 0.230 e. The van der Waals surface area contributed by atoms with Crippen LogP contribution < -0.4 is 15.8 Å². The van der Waals surface area contributed by atoms with E-state index in [0.29, 0.717) is 0 Å². The van der Waals surface area contributed by atoms with Crippen LogP contribution in [-0.4, -0.2) is 23.3 Å². The zero-order valence-corrected chi connectivity index (χ0v) is 14.2. The molecule has 0 aliphatic rings. The van der Waals surface area contributed by atoms with Gasteiger partial charge in [-0.15, -0.1) is 11.8 Å². The van der Waals surface area contributed by atoms with Gasteiger partial charge in [0.1, 0.15) is 11.5 Å². The molecule has 0 aromatic heterocycles. The van der Waals surface area contributed by atoms with Crippen LogP contribution in [0.5, 0.6) is 11.5 Å². The average molecular weight is 344 g/mol. The van der Waals surface area contributed by atoms with Gasteiger partial charge in [0.15, 0.2) is 0 Å². The number of primary amides is 1. The monoisotopic (exact) mass is 344 g/mol. The topological polar surface area (TPSA) is 81.4 Å². The van der Waals surface area contributed by atoms with Crippen molar-refractivity contribution in [1.82, 2.24) is 5.32 Å². The molecule has 0 radical (unpaired) electrons. The summed E-state index contributed by atoms with van der Waals surface area (Å²) in [4.78, 5) is 22.5. The van der Waals surface area contributed by atoms with Crippen LogP contribution in [0.1, 0.15) is 18.5 Å². The van der Waals surface area contributed by atoms with Crippen LogP contribution in [0.2, 0.25) is 0 Å². The van der Waals surface area contributed by atoms with Crippen molar-refractivity contribution in [3.63, 3.8) is 0 Å². The highest BCUT2D eigenvalue weighted by atomic mass is 32.2. The number of hydrogen-bond donors (Lipinski definition) is 2. The van der Waals surface area contributed by atoms with Crippen LogP contribution in [-0.2, 0) is 9.59 Å². The Morgan fingerprint density at radius 1 is 1.04 bits per heavy atom. The van der Waals surface area contributed by atoms with Crippen molar-refractivity contribution < 1.29 is 14.3 Å². The Labute approximate surface area is 145 Å². The Bertz CT molecular complexity index is 674. The fourth-order valence-corrected chi connectivity index (χ4v) is 2.63. The third-order valence-corrected chi connectivity index (χ3v) is 4.17. The van der Waals surface area contributed by atoms with Crippen molar-refractivity contribution in [2.75, 3.05) is 11.5 Å². The summed E-state index contributed by atoms with van der Waals surface area (Å²) >= 11 is 1.20. The number of amides is 2. The molecule has 5 nitrogen and oxygen atoms in total. The molecule has 0 unspecified atom stereocenters. The molecule has 3 N–H and O–H groups in total. The summed E-state index contributed by atoms with van der Waals surface area (Å²) < 4.78 is 5.74. The lowest BCUT2D eigenvalue weighted by Crippen LogP contribution is -2.28. The van der Waals surface area contributed by atoms with E-state index in [1.165, 1.54) is 11.8 Å². The third kappa shape index (κ3) is 5.96. The van der Waals surface area contributed by atoms with Crippen LogP contribution in [0.4, 0.5) is 0 Å². The summed E-state index contributed by atoms with van der Waals surface area (Å²) in [5.41, 5.74) is 6.01. The first-order valence-electron chi connectivity index (χ1n) is 7.53. The maximum atomic E-state index is 11.8. The Balaban J connectivity index is 1.85. The molecule has 0 saturated carbocycles. The minimum absolute atomic E-state index is 0.127. The third-order valence-electron chi connectivity index (χ3n) is 3.21. The number of thioether (sulfide) groups is 1. The van der Waals surface area contributed by atoms with Gasteiger partial charge in [-0.3, -0.25) is 9.59 Å². The van der Waals surface area contributed by atoms with Gasteiger partial charge in [-0.1, -0.05) is 30.3 Å². The van der Waals surface area contributed by atoms with Crippen molar-refractivity contribution >= 4 is 23.6 Å². The van der Waals surface area contributed by atoms with Crippen molar-refractivity contribution in [2.24, 2.45) is 5.73 Å². The predicted octanol–water partition coefficient (Wildman–Crippen LogP) is 2.87. The van der Waals surface area contributed by atoms with Crippen molar-refractivity contribution in [2.45, 2.75) is 13.0 Å². The Kier molecular flexibility index (Phi) is 6.69. The highest BCUT2D eigenvalue weighted by molar-refractivity contribution is 8.00. The number of carbonyl (C=O) groups is 2. The summed E-state index contributed by atoms with van der Waals surface area (Å²) in [5, 5.41) is 2.89. The molecular weight excluding hydrogens is 324 g/mol. The number of ether oxygens (including phenoxy) is 1. The van der Waals surface area contributed by atoms with E-state index in [9.17, 15) is 9.59 Å². The molecule has 6 heteroatoms. The summed E-state index contributed by atoms with van der Waals surface area (Å²) in [6.07, 6.45) is 0. The minimum Gasteiger partial charge on any atom is -0.457 e. The molecule has 0 fully saturated rings. The van der Waals surface area contributed by atoms with Gasteiger partial charge in [-0.05, 0) is 36.8 Å². The second-order valence-electron chi connectivity index (χ2n) is 5.23. The van der Waals surface area contributed by atoms with Crippen LogP contribution in [0.3, 0.4) is 0 Å². The number of rotatable bonds is 8. The Morgan fingerprint density at radius 2 is 1.67 bits per heavy atom. The highest BCUT2D eigenvalue weighted by Crippen LogP contribution is 2.23. The highest BCUT2D eigenvalue weighted by Gasteiger charge is 2.10. The lowest BCUT2D eigenvalue weighted by atomic mass is 10.1. The summed E-state index contributed by atoms with van der Waals surface area (Å²) in [7, 11) is 0. The number of benzene rings is 2. The average Bonchev–Trinajstić information content (AvgIpc) is 2.56. The van der Waals surface area contributed by atoms with Crippen LogP contribution in [0, 0.1) is 0 Å². The van der Waals surface area contributed by atoms with Crippen molar-refractivity contribution in [1.29, 1.82) is 0 Å². The molecule has 24 heavy (non-hydrogen) atoms. The predicted molar refractivity (Wildman–Crippen MR) is 96.0 cm³/mol. The van der Waals surface area contributed by atoms with Gasteiger partial charge < -0.3 is 15.8 Å². The van der Waals surface area contributed by atoms with Gasteiger partial charge in [0.05, 0.1) is 17.5 Å². The number of nitrogens with two attached hydrogens (primary N) is 1. The zero-order chi connectivity index (χ0) is 17.4. The van der Waals surface area contributed by atoms with E-state index >= 15 is 0 Å². The van der Waals surface area contributed by atoms with E-state index in [0.717, 1.165) is 17.1 Å². The zero-order valence-electron chi connectivity index (χ0n) is 13.4. The van der Waals surface area contributed by atoms with E-state index in [-0.39, 0.29) is 23.5 Å². The van der Waals surface area contributed by atoms with Gasteiger partial charge in [0.25, 0.3) is 0 Å². The van der Waals surface area contributed by atoms with Gasteiger partial charge in [-0.25, -0.2) is 0 Å². The Hall–Kier alpha value is -2.47. The van der Waals surface area contributed by atoms with E-state index in [2.05, 4.69) is 5.32 Å². The first kappa shape index (κ1) is 17.9. The first-order valence-corrected chi connectivity index (χ1v) is 8.68. The van der Waals surface area contributed by atoms with Crippen molar-refractivity contribution in [3.8, 4) is 11.5 Å². The fourth-order valence-electron chi connectivity index (χ4n) is 2.06. The molecule has 0 aliphatic carbocycles. The first-order chi connectivity index (χ1) is 11.5. The normalized spacial score (nSPS) is 11.5. The molecule has 2 aromatic rings. The van der Waals surface area contributed by atoms with E-state index < -0.39 is 5.91 Å². The SMILES string of the molecule is C[C@H](NC(=O)CSCC(N)=O)c1ccc(Oc2ccccc2)cc1. The molecule has 1 atom stereocenters. The smallest absolute Gasteiger partial charge is 0.230 e. The van der Waals surface area contributed by atoms with Gasteiger partial charge >= 0.3 is 0 Å². The van der Waals surface area contributed by atoms with E-state index in [1.807, 2.05) is 61.5 Å². The molecule has 0 heterocycles. The molecule has 0 aliphatic heterocycles. The molecule has 2 amide bonds.